The molecular formula is C5H9NO2S2. The molecule has 0 aliphatic carbocycles. The minimum atomic E-state index is -0.905. The largest absolute Gasteiger partial charge is 0.465 e. The van der Waals surface area contributed by atoms with Gasteiger partial charge in [0.25, 0.3) is 0 Å². The number of hydrogen-bond donors (Lipinski definition) is 2. The Kier molecular flexibility index (Phi) is 3.21. The van der Waals surface area contributed by atoms with Gasteiger partial charge in [0.15, 0.2) is 0 Å². The molecule has 3 nitrogen and oxygen atoms in total. The van der Waals surface area contributed by atoms with Crippen molar-refractivity contribution < 1.29 is 9.90 Å². The van der Waals surface area contributed by atoms with Crippen molar-refractivity contribution in [2.75, 3.05) is 11.5 Å². The predicted molar refractivity (Wildman–Crippen MR) is 44.5 cm³/mol. The highest BCUT2D eigenvalue weighted by atomic mass is 33.1. The molecule has 1 unspecified atom stereocenters. The fourth-order valence-corrected chi connectivity index (χ4v) is 3.18. The number of carboxylic acid groups (broad SMARTS) is 1. The van der Waals surface area contributed by atoms with Gasteiger partial charge in [0.2, 0.25) is 0 Å². The molecule has 1 amide bonds. The van der Waals surface area contributed by atoms with Crippen molar-refractivity contribution in [2.45, 2.75) is 12.5 Å². The molecule has 2 N–H and O–H groups in total. The quantitative estimate of drug-likeness (QED) is 0.597. The van der Waals surface area contributed by atoms with Gasteiger partial charge in [-0.25, -0.2) is 4.79 Å². The van der Waals surface area contributed by atoms with Crippen LogP contribution in [0.2, 0.25) is 0 Å². The lowest BCUT2D eigenvalue weighted by Crippen LogP contribution is -2.36. The zero-order valence-corrected chi connectivity index (χ0v) is 7.00. The molecule has 0 aromatic carbocycles. The van der Waals surface area contributed by atoms with E-state index in [1.54, 1.807) is 10.8 Å². The van der Waals surface area contributed by atoms with Crippen LogP contribution in [-0.4, -0.2) is 28.7 Å². The third-order valence-electron chi connectivity index (χ3n) is 1.23. The van der Waals surface area contributed by atoms with Gasteiger partial charge >= 0.3 is 6.09 Å². The zero-order valence-electron chi connectivity index (χ0n) is 5.37. The molecule has 0 aromatic heterocycles. The van der Waals surface area contributed by atoms with Gasteiger partial charge in [0.05, 0.1) is 0 Å². The summed E-state index contributed by atoms with van der Waals surface area (Å²) in [4.78, 5) is 10.1. The number of hydrogen-bond acceptors (Lipinski definition) is 3. The van der Waals surface area contributed by atoms with Crippen molar-refractivity contribution in [3.63, 3.8) is 0 Å². The molecule has 0 saturated carbocycles. The average Bonchev–Trinajstić information content (AvgIpc) is 1.88. The lowest BCUT2D eigenvalue weighted by atomic mass is 10.3. The van der Waals surface area contributed by atoms with Crippen molar-refractivity contribution >= 4 is 27.7 Å². The number of amides is 1. The van der Waals surface area contributed by atoms with E-state index in [0.717, 1.165) is 17.9 Å². The molecule has 0 bridgehead atoms. The van der Waals surface area contributed by atoms with Crippen LogP contribution in [0.5, 0.6) is 0 Å². The third kappa shape index (κ3) is 2.70. The predicted octanol–water partition coefficient (Wildman–Crippen LogP) is 1.41. The second kappa shape index (κ2) is 3.98. The van der Waals surface area contributed by atoms with Gasteiger partial charge in [-0.1, -0.05) is 21.6 Å². The van der Waals surface area contributed by atoms with Crippen LogP contribution in [0.15, 0.2) is 0 Å². The Hall–Kier alpha value is -0.0300. The summed E-state index contributed by atoms with van der Waals surface area (Å²) in [6.07, 6.45) is 0.0572. The summed E-state index contributed by atoms with van der Waals surface area (Å²) in [7, 11) is 3.55. The van der Waals surface area contributed by atoms with Crippen LogP contribution < -0.4 is 5.32 Å². The topological polar surface area (TPSA) is 49.3 Å². The first-order valence-corrected chi connectivity index (χ1v) is 5.51. The van der Waals surface area contributed by atoms with E-state index in [4.69, 9.17) is 5.11 Å². The molecule has 1 saturated heterocycles. The van der Waals surface area contributed by atoms with Gasteiger partial charge in [-0.05, 0) is 6.42 Å². The molecule has 58 valence electrons. The first-order valence-electron chi connectivity index (χ1n) is 3.03. The maximum absolute atomic E-state index is 10.1. The zero-order chi connectivity index (χ0) is 7.40. The SMILES string of the molecule is O=C(O)NC1CCSSC1. The van der Waals surface area contributed by atoms with Crippen LogP contribution in [0.25, 0.3) is 0 Å². The second-order valence-corrected chi connectivity index (χ2v) is 4.67. The van der Waals surface area contributed by atoms with Gasteiger partial charge in [-0.3, -0.25) is 0 Å². The van der Waals surface area contributed by atoms with Crippen LogP contribution in [0.4, 0.5) is 4.79 Å². The number of rotatable bonds is 1. The van der Waals surface area contributed by atoms with Crippen LogP contribution in [0, 0.1) is 0 Å². The summed E-state index contributed by atoms with van der Waals surface area (Å²) in [5, 5.41) is 10.8. The van der Waals surface area contributed by atoms with Gasteiger partial charge in [0.1, 0.15) is 0 Å². The minimum absolute atomic E-state index is 0.170. The molecule has 0 aromatic rings. The highest BCUT2D eigenvalue weighted by molar-refractivity contribution is 8.76. The van der Waals surface area contributed by atoms with Crippen LogP contribution in [-0.2, 0) is 0 Å². The molecule has 0 spiro atoms. The number of carbonyl (C=O) groups is 1. The van der Waals surface area contributed by atoms with E-state index < -0.39 is 6.09 Å². The molecule has 1 fully saturated rings. The Labute approximate surface area is 67.3 Å². The molecular weight excluding hydrogens is 170 g/mol. The summed E-state index contributed by atoms with van der Waals surface area (Å²) in [6, 6.07) is 0.170. The van der Waals surface area contributed by atoms with Crippen LogP contribution in [0.3, 0.4) is 0 Å². The van der Waals surface area contributed by atoms with Gasteiger partial charge in [-0.15, -0.1) is 0 Å². The molecule has 10 heavy (non-hydrogen) atoms. The maximum Gasteiger partial charge on any atom is 0.404 e. The van der Waals surface area contributed by atoms with Gasteiger partial charge in [0, 0.05) is 17.5 Å². The van der Waals surface area contributed by atoms with E-state index >= 15 is 0 Å². The highest BCUT2D eigenvalue weighted by Crippen LogP contribution is 2.28. The monoisotopic (exact) mass is 179 g/mol. The Bertz CT molecular complexity index is 125. The van der Waals surface area contributed by atoms with Crippen molar-refractivity contribution in [1.29, 1.82) is 0 Å². The summed E-state index contributed by atoms with van der Waals surface area (Å²) in [5.41, 5.74) is 0. The first-order chi connectivity index (χ1) is 4.79. The molecule has 5 heteroatoms. The number of nitrogens with one attached hydrogen (secondary N) is 1. The molecule has 1 aliphatic heterocycles. The Morgan fingerprint density at radius 1 is 1.60 bits per heavy atom. The highest BCUT2D eigenvalue weighted by Gasteiger charge is 2.15. The fourth-order valence-electron chi connectivity index (χ4n) is 0.751. The first kappa shape index (κ1) is 8.07. The van der Waals surface area contributed by atoms with Gasteiger partial charge in [-0.2, -0.15) is 0 Å². The van der Waals surface area contributed by atoms with Crippen molar-refractivity contribution in [3.05, 3.63) is 0 Å². The van der Waals surface area contributed by atoms with E-state index in [1.807, 2.05) is 10.8 Å². The van der Waals surface area contributed by atoms with E-state index in [-0.39, 0.29) is 6.04 Å². The lowest BCUT2D eigenvalue weighted by molar-refractivity contribution is 0.190. The molecule has 0 radical (unpaired) electrons. The fraction of sp³-hybridized carbons (Fsp3) is 0.800. The van der Waals surface area contributed by atoms with Crippen molar-refractivity contribution in [2.24, 2.45) is 0 Å². The van der Waals surface area contributed by atoms with E-state index in [1.165, 1.54) is 0 Å². The van der Waals surface area contributed by atoms with E-state index in [2.05, 4.69) is 5.32 Å². The Morgan fingerprint density at radius 2 is 2.40 bits per heavy atom. The summed E-state index contributed by atoms with van der Waals surface area (Å²) in [6.45, 7) is 0. The Morgan fingerprint density at radius 3 is 2.90 bits per heavy atom. The summed E-state index contributed by atoms with van der Waals surface area (Å²) < 4.78 is 0. The van der Waals surface area contributed by atoms with Gasteiger partial charge < -0.3 is 10.4 Å². The summed E-state index contributed by atoms with van der Waals surface area (Å²) >= 11 is 0. The second-order valence-electron chi connectivity index (χ2n) is 2.04. The average molecular weight is 179 g/mol. The summed E-state index contributed by atoms with van der Waals surface area (Å²) in [5.74, 6) is 1.95. The molecule has 1 heterocycles. The normalized spacial score (nSPS) is 25.8. The smallest absolute Gasteiger partial charge is 0.404 e. The minimum Gasteiger partial charge on any atom is -0.465 e. The van der Waals surface area contributed by atoms with Crippen LogP contribution in [0.1, 0.15) is 6.42 Å². The van der Waals surface area contributed by atoms with E-state index in [0.29, 0.717) is 0 Å². The molecule has 1 aliphatic rings. The maximum atomic E-state index is 10.1. The Balaban J connectivity index is 2.19. The van der Waals surface area contributed by atoms with Crippen molar-refractivity contribution in [1.82, 2.24) is 5.32 Å². The standard InChI is InChI=1S/C5H9NO2S2/c7-5(8)6-4-1-2-9-10-3-4/h4,6H,1-3H2,(H,7,8). The lowest BCUT2D eigenvalue weighted by Gasteiger charge is -2.19. The van der Waals surface area contributed by atoms with E-state index in [9.17, 15) is 4.79 Å². The molecule has 1 atom stereocenters. The van der Waals surface area contributed by atoms with Crippen molar-refractivity contribution in [3.8, 4) is 0 Å². The van der Waals surface area contributed by atoms with Crippen LogP contribution >= 0.6 is 21.6 Å². The molecule has 1 rings (SSSR count). The third-order valence-corrected chi connectivity index (χ3v) is 3.75.